The van der Waals surface area contributed by atoms with Crippen LogP contribution in [-0.4, -0.2) is 25.2 Å². The molecule has 3 aliphatic carbocycles. The molecule has 0 aromatic carbocycles. The van der Waals surface area contributed by atoms with Crippen LogP contribution in [0.15, 0.2) is 24.3 Å². The molecule has 0 aliphatic heterocycles. The van der Waals surface area contributed by atoms with Gasteiger partial charge in [-0.15, -0.1) is 0 Å². The smallest absolute Gasteiger partial charge is 0.309 e. The van der Waals surface area contributed by atoms with E-state index in [1.807, 2.05) is 6.92 Å². The van der Waals surface area contributed by atoms with Crippen molar-refractivity contribution >= 4 is 11.9 Å². The number of rotatable bonds is 5. The molecule has 0 saturated heterocycles. The van der Waals surface area contributed by atoms with E-state index in [2.05, 4.69) is 24.3 Å². The molecule has 27 heavy (non-hydrogen) atoms. The predicted octanol–water partition coefficient (Wildman–Crippen LogP) is 5.37. The minimum atomic E-state index is -0.0307. The van der Waals surface area contributed by atoms with E-state index in [1.54, 1.807) is 0 Å². The van der Waals surface area contributed by atoms with Gasteiger partial charge in [-0.3, -0.25) is 9.59 Å². The van der Waals surface area contributed by atoms with Crippen LogP contribution in [0.1, 0.15) is 77.6 Å². The summed E-state index contributed by atoms with van der Waals surface area (Å²) in [6.07, 6.45) is 20.6. The van der Waals surface area contributed by atoms with Gasteiger partial charge in [-0.2, -0.15) is 0 Å². The molecule has 2 unspecified atom stereocenters. The summed E-state index contributed by atoms with van der Waals surface area (Å²) in [6.45, 7) is 3.01. The van der Waals surface area contributed by atoms with Crippen molar-refractivity contribution in [1.82, 2.24) is 0 Å². The van der Waals surface area contributed by atoms with E-state index >= 15 is 0 Å². The molecule has 0 radical (unpaired) electrons. The van der Waals surface area contributed by atoms with Crippen LogP contribution in [0.2, 0.25) is 0 Å². The first-order valence-electron chi connectivity index (χ1n) is 10.8. The Labute approximate surface area is 164 Å². The zero-order valence-electron chi connectivity index (χ0n) is 16.9. The number of ether oxygens (including phenoxy) is 2. The molecule has 0 heterocycles. The van der Waals surface area contributed by atoms with Crippen LogP contribution in [0.25, 0.3) is 0 Å². The van der Waals surface area contributed by atoms with Crippen LogP contribution in [0.3, 0.4) is 0 Å². The van der Waals surface area contributed by atoms with Gasteiger partial charge in [-0.05, 0) is 64.2 Å². The van der Waals surface area contributed by atoms with E-state index in [1.165, 1.54) is 32.1 Å². The zero-order chi connectivity index (χ0) is 19.3. The van der Waals surface area contributed by atoms with Crippen molar-refractivity contribution in [1.29, 1.82) is 0 Å². The molecule has 0 amide bonds. The van der Waals surface area contributed by atoms with Gasteiger partial charge in [-0.1, -0.05) is 43.6 Å². The van der Waals surface area contributed by atoms with E-state index in [9.17, 15) is 9.59 Å². The van der Waals surface area contributed by atoms with Gasteiger partial charge in [0.1, 0.15) is 0 Å². The lowest BCUT2D eigenvalue weighted by atomic mass is 9.90. The largest absolute Gasteiger partial charge is 0.466 e. The molecule has 4 heteroatoms. The first kappa shape index (κ1) is 21.7. The second-order valence-corrected chi connectivity index (χ2v) is 7.85. The molecule has 152 valence electrons. The summed E-state index contributed by atoms with van der Waals surface area (Å²) >= 11 is 0. The molecule has 4 nitrogen and oxygen atoms in total. The van der Waals surface area contributed by atoms with Crippen molar-refractivity contribution in [3.05, 3.63) is 24.3 Å². The van der Waals surface area contributed by atoms with Gasteiger partial charge in [-0.25, -0.2) is 0 Å². The predicted molar refractivity (Wildman–Crippen MR) is 107 cm³/mol. The maximum Gasteiger partial charge on any atom is 0.309 e. The summed E-state index contributed by atoms with van der Waals surface area (Å²) in [5.74, 6) is 0.900. The number of esters is 2. The van der Waals surface area contributed by atoms with Crippen LogP contribution in [0, 0.1) is 17.8 Å². The minimum absolute atomic E-state index is 0.0307. The highest BCUT2D eigenvalue weighted by atomic mass is 16.5. The summed E-state index contributed by atoms with van der Waals surface area (Å²) in [7, 11) is 0. The molecule has 0 aromatic rings. The van der Waals surface area contributed by atoms with Crippen molar-refractivity contribution in [3.63, 3.8) is 0 Å². The molecule has 2 atom stereocenters. The first-order valence-corrected chi connectivity index (χ1v) is 10.8. The molecule has 0 N–H and O–H groups in total. The lowest BCUT2D eigenvalue weighted by molar-refractivity contribution is -0.150. The van der Waals surface area contributed by atoms with Crippen LogP contribution in [0.4, 0.5) is 0 Å². The number of carbonyl (C=O) groups is 2. The number of hydrogen-bond donors (Lipinski definition) is 0. The zero-order valence-corrected chi connectivity index (χ0v) is 16.9. The van der Waals surface area contributed by atoms with Gasteiger partial charge in [0.15, 0.2) is 0 Å². The second kappa shape index (κ2) is 12.7. The molecule has 0 aromatic heterocycles. The highest BCUT2D eigenvalue weighted by Crippen LogP contribution is 2.25. The Kier molecular flexibility index (Phi) is 10.3. The van der Waals surface area contributed by atoms with Crippen molar-refractivity contribution < 1.29 is 19.1 Å². The van der Waals surface area contributed by atoms with Crippen molar-refractivity contribution in [2.24, 2.45) is 17.8 Å². The Balaban J connectivity index is 0.000000208. The van der Waals surface area contributed by atoms with Crippen molar-refractivity contribution in [2.45, 2.75) is 77.6 Å². The van der Waals surface area contributed by atoms with E-state index < -0.39 is 0 Å². The molecule has 0 spiro atoms. The number of hydrogen-bond acceptors (Lipinski definition) is 4. The highest BCUT2D eigenvalue weighted by Gasteiger charge is 2.22. The molecule has 1 fully saturated rings. The maximum atomic E-state index is 11.8. The lowest BCUT2D eigenvalue weighted by Gasteiger charge is -2.23. The van der Waals surface area contributed by atoms with Crippen LogP contribution in [-0.2, 0) is 19.1 Å². The molecular weight excluding hydrogens is 340 g/mol. The van der Waals surface area contributed by atoms with E-state index in [-0.39, 0.29) is 23.8 Å². The van der Waals surface area contributed by atoms with Crippen LogP contribution < -0.4 is 0 Å². The fourth-order valence-electron chi connectivity index (χ4n) is 3.95. The van der Waals surface area contributed by atoms with Gasteiger partial charge in [0, 0.05) is 0 Å². The summed E-state index contributed by atoms with van der Waals surface area (Å²) in [5.41, 5.74) is 0. The molecule has 3 aliphatic rings. The summed E-state index contributed by atoms with van der Waals surface area (Å²) in [5, 5.41) is 0. The third-order valence-corrected chi connectivity index (χ3v) is 5.68. The standard InChI is InChI=1S/C14H22O2.C9H14O2/c15-14(13-9-5-2-6-10-13)16-11-12-7-3-1-4-8-12;1-2-11-9(10)8-6-4-3-5-7-8/h2,5,12-13H,1,3-4,6-11H2;3-4,8H,2,5-7H2,1H3. The molecule has 0 bridgehead atoms. The first-order chi connectivity index (χ1) is 13.2. The fraction of sp³-hybridized carbons (Fsp3) is 0.739. The van der Waals surface area contributed by atoms with E-state index in [0.29, 0.717) is 19.1 Å². The van der Waals surface area contributed by atoms with E-state index in [0.717, 1.165) is 38.5 Å². The average Bonchev–Trinajstić information content (AvgIpc) is 2.75. The monoisotopic (exact) mass is 376 g/mol. The van der Waals surface area contributed by atoms with Gasteiger partial charge < -0.3 is 9.47 Å². The molecular formula is C23H36O4. The molecule has 1 saturated carbocycles. The second-order valence-electron chi connectivity index (χ2n) is 7.85. The Morgan fingerprint density at radius 2 is 1.33 bits per heavy atom. The molecule has 3 rings (SSSR count). The Morgan fingerprint density at radius 1 is 0.778 bits per heavy atom. The van der Waals surface area contributed by atoms with Gasteiger partial charge in [0.25, 0.3) is 0 Å². The average molecular weight is 377 g/mol. The van der Waals surface area contributed by atoms with Gasteiger partial charge in [0.2, 0.25) is 0 Å². The topological polar surface area (TPSA) is 52.6 Å². The highest BCUT2D eigenvalue weighted by molar-refractivity contribution is 5.73. The van der Waals surface area contributed by atoms with Crippen LogP contribution in [0.5, 0.6) is 0 Å². The van der Waals surface area contributed by atoms with Crippen molar-refractivity contribution in [3.8, 4) is 0 Å². The van der Waals surface area contributed by atoms with Crippen molar-refractivity contribution in [2.75, 3.05) is 13.2 Å². The SMILES string of the molecule is CCOC(=O)C1CC=CCC1.O=C(OCC1CCCCC1)C1CC=CCC1. The number of allylic oxidation sites excluding steroid dienone is 4. The van der Waals surface area contributed by atoms with Gasteiger partial charge in [0.05, 0.1) is 25.0 Å². The Morgan fingerprint density at radius 3 is 1.81 bits per heavy atom. The van der Waals surface area contributed by atoms with Crippen LogP contribution >= 0.6 is 0 Å². The normalized spacial score (nSPS) is 25.2. The summed E-state index contributed by atoms with van der Waals surface area (Å²) in [6, 6.07) is 0. The minimum Gasteiger partial charge on any atom is -0.466 e. The van der Waals surface area contributed by atoms with Gasteiger partial charge >= 0.3 is 11.9 Å². The number of carbonyl (C=O) groups excluding carboxylic acids is 2. The fourth-order valence-corrected chi connectivity index (χ4v) is 3.95. The summed E-state index contributed by atoms with van der Waals surface area (Å²) in [4.78, 5) is 22.9. The third kappa shape index (κ3) is 8.32. The quantitative estimate of drug-likeness (QED) is 0.478. The lowest BCUT2D eigenvalue weighted by Crippen LogP contribution is -2.23. The van der Waals surface area contributed by atoms with E-state index in [4.69, 9.17) is 9.47 Å². The summed E-state index contributed by atoms with van der Waals surface area (Å²) < 4.78 is 10.4. The third-order valence-electron chi connectivity index (χ3n) is 5.68. The Bertz CT molecular complexity index is 503. The Hall–Kier alpha value is -1.58. The maximum absolute atomic E-state index is 11.8.